The van der Waals surface area contributed by atoms with Crippen molar-refractivity contribution in [3.8, 4) is 0 Å². The smallest absolute Gasteiger partial charge is 0.0829 e. The summed E-state index contributed by atoms with van der Waals surface area (Å²) >= 11 is 0. The second kappa shape index (κ2) is 8.72. The molecule has 2 saturated heterocycles. The van der Waals surface area contributed by atoms with Gasteiger partial charge in [0.2, 0.25) is 0 Å². The Morgan fingerprint density at radius 2 is 1.84 bits per heavy atom. The molecule has 0 aliphatic carbocycles. The molecule has 0 radical (unpaired) electrons. The van der Waals surface area contributed by atoms with Gasteiger partial charge in [0.05, 0.1) is 5.60 Å². The third kappa shape index (κ3) is 4.90. The molecule has 0 unspecified atom stereocenters. The Bertz CT molecular complexity index is 241. The lowest BCUT2D eigenvalue weighted by Crippen LogP contribution is -2.52. The van der Waals surface area contributed by atoms with E-state index in [1.807, 2.05) is 21.0 Å². The standard InChI is InChI=1S/C14H26N2O.C2H6/c1-3-13-4-10-16(11-5-13)12-14(17-2)6-8-15-9-7-14;1-2/h3,13,15H,1,4-12H2,2H3;1-2H3. The molecular formula is C16H32N2O. The van der Waals surface area contributed by atoms with Crippen molar-refractivity contribution < 1.29 is 4.74 Å². The van der Waals surface area contributed by atoms with Crippen LogP contribution in [0.2, 0.25) is 0 Å². The number of methoxy groups -OCH3 is 1. The van der Waals surface area contributed by atoms with Crippen LogP contribution in [0.3, 0.4) is 0 Å². The Hall–Kier alpha value is -0.380. The van der Waals surface area contributed by atoms with E-state index in [1.54, 1.807) is 0 Å². The minimum absolute atomic E-state index is 0.103. The largest absolute Gasteiger partial charge is 0.377 e. The molecule has 2 fully saturated rings. The molecule has 1 N–H and O–H groups in total. The van der Waals surface area contributed by atoms with E-state index in [0.717, 1.165) is 38.4 Å². The highest BCUT2D eigenvalue weighted by molar-refractivity contribution is 4.91. The van der Waals surface area contributed by atoms with Crippen LogP contribution in [-0.2, 0) is 4.74 Å². The van der Waals surface area contributed by atoms with Crippen LogP contribution in [0, 0.1) is 5.92 Å². The van der Waals surface area contributed by atoms with Crippen molar-refractivity contribution in [2.45, 2.75) is 45.1 Å². The second-order valence-electron chi connectivity index (χ2n) is 5.49. The summed E-state index contributed by atoms with van der Waals surface area (Å²) < 4.78 is 5.83. The zero-order valence-electron chi connectivity index (χ0n) is 13.1. The van der Waals surface area contributed by atoms with Crippen LogP contribution in [0.1, 0.15) is 39.5 Å². The molecule has 0 aromatic carbocycles. The van der Waals surface area contributed by atoms with Gasteiger partial charge < -0.3 is 15.0 Å². The molecule has 2 aliphatic heterocycles. The summed E-state index contributed by atoms with van der Waals surface area (Å²) in [6, 6.07) is 0. The average Bonchev–Trinajstić information content (AvgIpc) is 2.51. The van der Waals surface area contributed by atoms with Crippen molar-refractivity contribution in [1.29, 1.82) is 0 Å². The molecule has 3 heteroatoms. The topological polar surface area (TPSA) is 24.5 Å². The summed E-state index contributed by atoms with van der Waals surface area (Å²) in [7, 11) is 1.88. The summed E-state index contributed by atoms with van der Waals surface area (Å²) in [5, 5.41) is 3.42. The summed E-state index contributed by atoms with van der Waals surface area (Å²) in [6.45, 7) is 13.6. The highest BCUT2D eigenvalue weighted by Crippen LogP contribution is 2.26. The highest BCUT2D eigenvalue weighted by Gasteiger charge is 2.34. The van der Waals surface area contributed by atoms with Gasteiger partial charge in [-0.3, -0.25) is 0 Å². The van der Waals surface area contributed by atoms with Gasteiger partial charge >= 0.3 is 0 Å². The molecule has 0 spiro atoms. The van der Waals surface area contributed by atoms with E-state index in [4.69, 9.17) is 4.74 Å². The third-order valence-corrected chi connectivity index (χ3v) is 4.43. The Kier molecular flexibility index (Phi) is 7.66. The highest BCUT2D eigenvalue weighted by atomic mass is 16.5. The first-order valence-corrected chi connectivity index (χ1v) is 7.89. The number of nitrogens with one attached hydrogen (secondary N) is 1. The van der Waals surface area contributed by atoms with Gasteiger partial charge in [0.15, 0.2) is 0 Å². The Balaban J connectivity index is 0.000000861. The molecule has 0 amide bonds. The van der Waals surface area contributed by atoms with Crippen LogP contribution in [-0.4, -0.2) is 50.3 Å². The Labute approximate surface area is 119 Å². The van der Waals surface area contributed by atoms with Crippen LogP contribution in [0.25, 0.3) is 0 Å². The summed E-state index contributed by atoms with van der Waals surface area (Å²) in [5.74, 6) is 0.734. The van der Waals surface area contributed by atoms with Gasteiger partial charge in [-0.15, -0.1) is 6.58 Å². The number of allylic oxidation sites excluding steroid dienone is 1. The first kappa shape index (κ1) is 16.7. The van der Waals surface area contributed by atoms with Gasteiger partial charge in [0.25, 0.3) is 0 Å². The van der Waals surface area contributed by atoms with Crippen LogP contribution < -0.4 is 5.32 Å². The fraction of sp³-hybridized carbons (Fsp3) is 0.875. The molecule has 0 saturated carbocycles. The Morgan fingerprint density at radius 3 is 2.32 bits per heavy atom. The molecule has 2 rings (SSSR count). The number of piperidine rings is 2. The van der Waals surface area contributed by atoms with Crippen molar-refractivity contribution in [2.24, 2.45) is 5.92 Å². The second-order valence-corrected chi connectivity index (χ2v) is 5.49. The fourth-order valence-electron chi connectivity index (χ4n) is 3.06. The van der Waals surface area contributed by atoms with E-state index >= 15 is 0 Å². The van der Waals surface area contributed by atoms with Crippen molar-refractivity contribution in [1.82, 2.24) is 10.2 Å². The molecule has 0 atom stereocenters. The lowest BCUT2D eigenvalue weighted by Gasteiger charge is -2.42. The molecular weight excluding hydrogens is 236 g/mol. The van der Waals surface area contributed by atoms with Crippen molar-refractivity contribution in [3.05, 3.63) is 12.7 Å². The zero-order chi connectivity index (χ0) is 14.1. The first-order valence-electron chi connectivity index (χ1n) is 7.89. The van der Waals surface area contributed by atoms with E-state index in [-0.39, 0.29) is 5.60 Å². The number of hydrogen-bond acceptors (Lipinski definition) is 3. The quantitative estimate of drug-likeness (QED) is 0.793. The van der Waals surface area contributed by atoms with Crippen LogP contribution in [0.5, 0.6) is 0 Å². The third-order valence-electron chi connectivity index (χ3n) is 4.43. The molecule has 2 aliphatic rings. The predicted molar refractivity (Wildman–Crippen MR) is 82.6 cm³/mol. The number of rotatable bonds is 4. The maximum atomic E-state index is 5.83. The molecule has 112 valence electrons. The molecule has 19 heavy (non-hydrogen) atoms. The van der Waals surface area contributed by atoms with Gasteiger partial charge in [-0.1, -0.05) is 19.9 Å². The predicted octanol–water partition coefficient (Wildman–Crippen LogP) is 2.68. The van der Waals surface area contributed by atoms with Crippen molar-refractivity contribution in [3.63, 3.8) is 0 Å². The van der Waals surface area contributed by atoms with Crippen molar-refractivity contribution >= 4 is 0 Å². The molecule has 0 bridgehead atoms. The van der Waals surface area contributed by atoms with Gasteiger partial charge in [-0.2, -0.15) is 0 Å². The van der Waals surface area contributed by atoms with Gasteiger partial charge in [0, 0.05) is 13.7 Å². The van der Waals surface area contributed by atoms with E-state index in [1.165, 1.54) is 25.9 Å². The van der Waals surface area contributed by atoms with Crippen molar-refractivity contribution in [2.75, 3.05) is 39.8 Å². The summed E-state index contributed by atoms with van der Waals surface area (Å²) in [4.78, 5) is 2.58. The fourth-order valence-corrected chi connectivity index (χ4v) is 3.06. The van der Waals surface area contributed by atoms with Crippen LogP contribution in [0.4, 0.5) is 0 Å². The molecule has 3 nitrogen and oxygen atoms in total. The molecule has 2 heterocycles. The number of ether oxygens (including phenoxy) is 1. The molecule has 0 aromatic heterocycles. The lowest BCUT2D eigenvalue weighted by atomic mass is 9.89. The average molecular weight is 268 g/mol. The zero-order valence-corrected chi connectivity index (χ0v) is 13.1. The lowest BCUT2D eigenvalue weighted by molar-refractivity contribution is -0.0608. The SMILES string of the molecule is C=CC1CCN(CC2(OC)CCNCC2)CC1.CC. The van der Waals surface area contributed by atoms with E-state index in [9.17, 15) is 0 Å². The Morgan fingerprint density at radius 1 is 1.26 bits per heavy atom. The van der Waals surface area contributed by atoms with E-state index < -0.39 is 0 Å². The summed E-state index contributed by atoms with van der Waals surface area (Å²) in [6.07, 6.45) is 6.94. The first-order chi connectivity index (χ1) is 9.28. The van der Waals surface area contributed by atoms with Crippen LogP contribution >= 0.6 is 0 Å². The molecule has 0 aromatic rings. The van der Waals surface area contributed by atoms with Gasteiger partial charge in [0.1, 0.15) is 0 Å². The van der Waals surface area contributed by atoms with E-state index in [0.29, 0.717) is 0 Å². The van der Waals surface area contributed by atoms with Gasteiger partial charge in [-0.25, -0.2) is 0 Å². The number of hydrogen-bond donors (Lipinski definition) is 1. The monoisotopic (exact) mass is 268 g/mol. The minimum Gasteiger partial charge on any atom is -0.377 e. The van der Waals surface area contributed by atoms with E-state index in [2.05, 4.69) is 22.9 Å². The summed E-state index contributed by atoms with van der Waals surface area (Å²) in [5.41, 5.74) is 0.103. The number of likely N-dealkylation sites (tertiary alicyclic amines) is 1. The maximum Gasteiger partial charge on any atom is 0.0829 e. The minimum atomic E-state index is 0.103. The maximum absolute atomic E-state index is 5.83. The van der Waals surface area contributed by atoms with Crippen LogP contribution in [0.15, 0.2) is 12.7 Å². The number of nitrogens with zero attached hydrogens (tertiary/aromatic N) is 1. The normalized spacial score (nSPS) is 24.4. The van der Waals surface area contributed by atoms with Gasteiger partial charge in [-0.05, 0) is 57.8 Å².